The first-order valence-electron chi connectivity index (χ1n) is 6.00. The van der Waals surface area contributed by atoms with Crippen molar-refractivity contribution in [3.8, 4) is 0 Å². The lowest BCUT2D eigenvalue weighted by molar-refractivity contribution is -0.123. The number of nitrogens with one attached hydrogen (secondary N) is 2. The minimum atomic E-state index is -0.185. The van der Waals surface area contributed by atoms with E-state index in [1.165, 1.54) is 19.3 Å². The Bertz CT molecular complexity index is 215. The maximum atomic E-state index is 11.4. The maximum Gasteiger partial charge on any atom is 0.239 e. The predicted molar refractivity (Wildman–Crippen MR) is 65.0 cm³/mol. The molecule has 0 aliphatic heterocycles. The molecular weight excluding hydrogens is 204 g/mol. The average molecular weight is 228 g/mol. The summed E-state index contributed by atoms with van der Waals surface area (Å²) in [7, 11) is 0. The smallest absolute Gasteiger partial charge is 0.239 e. The van der Waals surface area contributed by atoms with Gasteiger partial charge in [-0.05, 0) is 20.3 Å². The van der Waals surface area contributed by atoms with Gasteiger partial charge >= 0.3 is 0 Å². The van der Waals surface area contributed by atoms with Crippen LogP contribution in [-0.2, 0) is 9.59 Å². The van der Waals surface area contributed by atoms with Gasteiger partial charge in [0, 0.05) is 5.54 Å². The van der Waals surface area contributed by atoms with Gasteiger partial charge in [0.1, 0.15) is 0 Å². The first-order valence-corrected chi connectivity index (χ1v) is 6.00. The minimum absolute atomic E-state index is 0.0574. The molecule has 0 unspecified atom stereocenters. The van der Waals surface area contributed by atoms with Crippen LogP contribution in [0.5, 0.6) is 0 Å². The zero-order chi connectivity index (χ0) is 12.4. The number of unbranched alkanes of at least 4 members (excludes halogenated alkanes) is 3. The normalized spacial score (nSPS) is 10.9. The molecule has 0 rings (SSSR count). The Labute approximate surface area is 98.2 Å². The Morgan fingerprint density at radius 1 is 1.25 bits per heavy atom. The monoisotopic (exact) mass is 228 g/mol. The van der Waals surface area contributed by atoms with Gasteiger partial charge in [0.05, 0.1) is 6.54 Å². The van der Waals surface area contributed by atoms with Crippen molar-refractivity contribution < 1.29 is 9.59 Å². The molecule has 4 nitrogen and oxygen atoms in total. The van der Waals surface area contributed by atoms with E-state index in [1.54, 1.807) is 0 Å². The topological polar surface area (TPSA) is 58.2 Å². The molecule has 0 aliphatic carbocycles. The summed E-state index contributed by atoms with van der Waals surface area (Å²) in [5, 5.41) is 5.26. The van der Waals surface area contributed by atoms with Crippen molar-refractivity contribution in [2.45, 2.75) is 58.4 Å². The molecule has 2 amide bonds. The highest BCUT2D eigenvalue weighted by atomic mass is 16.2. The Kier molecular flexibility index (Phi) is 7.60. The van der Waals surface area contributed by atoms with Gasteiger partial charge in [-0.3, -0.25) is 9.59 Å². The van der Waals surface area contributed by atoms with Crippen molar-refractivity contribution in [1.82, 2.24) is 10.6 Å². The Morgan fingerprint density at radius 2 is 1.94 bits per heavy atom. The molecule has 0 aromatic rings. The van der Waals surface area contributed by atoms with Crippen LogP contribution in [0, 0.1) is 0 Å². The fraction of sp³-hybridized carbons (Fsp3) is 0.833. The Morgan fingerprint density at radius 3 is 2.50 bits per heavy atom. The molecule has 0 spiro atoms. The Balaban J connectivity index is 3.75. The standard InChI is InChI=1S/C12H24N2O2/c1-4-5-6-7-8-12(2,3)14-11(16)9-13-10-15/h10H,4-9H2,1-3H3,(H,13,15)(H,14,16). The van der Waals surface area contributed by atoms with E-state index in [2.05, 4.69) is 17.6 Å². The van der Waals surface area contributed by atoms with Crippen LogP contribution < -0.4 is 10.6 Å². The largest absolute Gasteiger partial charge is 0.350 e. The summed E-state index contributed by atoms with van der Waals surface area (Å²) in [5.74, 6) is -0.132. The second-order valence-electron chi connectivity index (χ2n) is 4.74. The van der Waals surface area contributed by atoms with Gasteiger partial charge in [-0.15, -0.1) is 0 Å². The van der Waals surface area contributed by atoms with Crippen molar-refractivity contribution in [3.05, 3.63) is 0 Å². The molecule has 0 fully saturated rings. The third-order valence-corrected chi connectivity index (χ3v) is 2.48. The first-order chi connectivity index (χ1) is 7.52. The van der Waals surface area contributed by atoms with Crippen molar-refractivity contribution >= 4 is 12.3 Å². The predicted octanol–water partition coefficient (Wildman–Crippen LogP) is 1.60. The number of carbonyl (C=O) groups is 2. The fourth-order valence-electron chi connectivity index (χ4n) is 1.61. The van der Waals surface area contributed by atoms with Gasteiger partial charge in [-0.1, -0.05) is 32.6 Å². The lowest BCUT2D eigenvalue weighted by Crippen LogP contribution is -2.46. The molecule has 0 bridgehead atoms. The third-order valence-electron chi connectivity index (χ3n) is 2.48. The van der Waals surface area contributed by atoms with Crippen LogP contribution in [0.3, 0.4) is 0 Å². The van der Waals surface area contributed by atoms with E-state index in [1.807, 2.05) is 13.8 Å². The second kappa shape index (κ2) is 8.13. The van der Waals surface area contributed by atoms with E-state index in [4.69, 9.17) is 0 Å². The zero-order valence-electron chi connectivity index (χ0n) is 10.6. The van der Waals surface area contributed by atoms with Crippen LogP contribution in [0.25, 0.3) is 0 Å². The summed E-state index contributed by atoms with van der Waals surface area (Å²) in [4.78, 5) is 21.4. The van der Waals surface area contributed by atoms with Crippen LogP contribution in [0.4, 0.5) is 0 Å². The molecule has 4 heteroatoms. The van der Waals surface area contributed by atoms with Crippen molar-refractivity contribution in [2.24, 2.45) is 0 Å². The summed E-state index contributed by atoms with van der Waals surface area (Å²) in [6.45, 7) is 6.26. The van der Waals surface area contributed by atoms with Crippen LogP contribution in [-0.4, -0.2) is 24.4 Å². The average Bonchev–Trinajstić information content (AvgIpc) is 2.21. The summed E-state index contributed by atoms with van der Waals surface area (Å²) >= 11 is 0. The molecule has 0 aromatic carbocycles. The van der Waals surface area contributed by atoms with E-state index in [0.29, 0.717) is 6.41 Å². The molecule has 0 saturated carbocycles. The Hall–Kier alpha value is -1.06. The van der Waals surface area contributed by atoms with Gasteiger partial charge in [-0.25, -0.2) is 0 Å². The van der Waals surface area contributed by atoms with Crippen LogP contribution in [0.2, 0.25) is 0 Å². The lowest BCUT2D eigenvalue weighted by atomic mass is 9.96. The quantitative estimate of drug-likeness (QED) is 0.465. The SMILES string of the molecule is CCCCCCC(C)(C)NC(=O)CNC=O. The molecule has 0 aliphatic rings. The molecule has 94 valence electrons. The number of rotatable bonds is 9. The fourth-order valence-corrected chi connectivity index (χ4v) is 1.61. The van der Waals surface area contributed by atoms with E-state index < -0.39 is 0 Å². The van der Waals surface area contributed by atoms with Crippen LogP contribution in [0.15, 0.2) is 0 Å². The molecule has 16 heavy (non-hydrogen) atoms. The molecule has 0 radical (unpaired) electrons. The molecule has 0 aromatic heterocycles. The zero-order valence-corrected chi connectivity index (χ0v) is 10.6. The van der Waals surface area contributed by atoms with Crippen molar-refractivity contribution in [2.75, 3.05) is 6.54 Å². The van der Waals surface area contributed by atoms with Crippen molar-refractivity contribution in [3.63, 3.8) is 0 Å². The van der Waals surface area contributed by atoms with Crippen LogP contribution in [0.1, 0.15) is 52.9 Å². The lowest BCUT2D eigenvalue weighted by Gasteiger charge is -2.26. The van der Waals surface area contributed by atoms with Crippen LogP contribution >= 0.6 is 0 Å². The number of hydrogen-bond donors (Lipinski definition) is 2. The number of carbonyl (C=O) groups excluding carboxylic acids is 2. The summed E-state index contributed by atoms with van der Waals surface area (Å²) in [5.41, 5.74) is -0.185. The molecule has 2 N–H and O–H groups in total. The van der Waals surface area contributed by atoms with E-state index in [9.17, 15) is 9.59 Å². The minimum Gasteiger partial charge on any atom is -0.350 e. The molecule has 0 saturated heterocycles. The molecular formula is C12H24N2O2. The first kappa shape index (κ1) is 14.9. The highest BCUT2D eigenvalue weighted by Crippen LogP contribution is 2.14. The second-order valence-corrected chi connectivity index (χ2v) is 4.74. The van der Waals surface area contributed by atoms with E-state index in [0.717, 1.165) is 12.8 Å². The van der Waals surface area contributed by atoms with E-state index in [-0.39, 0.29) is 18.0 Å². The maximum absolute atomic E-state index is 11.4. The van der Waals surface area contributed by atoms with Gasteiger partial charge in [0.2, 0.25) is 12.3 Å². The summed E-state index contributed by atoms with van der Waals surface area (Å²) in [6, 6.07) is 0. The van der Waals surface area contributed by atoms with Gasteiger partial charge in [0.15, 0.2) is 0 Å². The molecule has 0 atom stereocenters. The van der Waals surface area contributed by atoms with Gasteiger partial charge in [0.25, 0.3) is 0 Å². The third kappa shape index (κ3) is 8.26. The van der Waals surface area contributed by atoms with Gasteiger partial charge < -0.3 is 10.6 Å². The number of hydrogen-bond acceptors (Lipinski definition) is 2. The summed E-state index contributed by atoms with van der Waals surface area (Å²) in [6.07, 6.45) is 6.31. The molecule has 0 heterocycles. The highest BCUT2D eigenvalue weighted by molar-refractivity contribution is 5.80. The summed E-state index contributed by atoms with van der Waals surface area (Å²) < 4.78 is 0. The van der Waals surface area contributed by atoms with Gasteiger partial charge in [-0.2, -0.15) is 0 Å². The highest BCUT2D eigenvalue weighted by Gasteiger charge is 2.19. The van der Waals surface area contributed by atoms with E-state index >= 15 is 0 Å². The van der Waals surface area contributed by atoms with Crippen molar-refractivity contribution in [1.29, 1.82) is 0 Å². The number of amides is 2.